The van der Waals surface area contributed by atoms with Crippen LogP contribution in [0.1, 0.15) is 116 Å². The van der Waals surface area contributed by atoms with Crippen molar-refractivity contribution in [3.05, 3.63) is 0 Å². The van der Waals surface area contributed by atoms with E-state index in [2.05, 4.69) is 6.92 Å². The number of unbranched alkanes of at least 4 members (excludes halogenated alkanes) is 14. The lowest BCUT2D eigenvalue weighted by atomic mass is 9.99. The highest BCUT2D eigenvalue weighted by Crippen LogP contribution is 2.41. The van der Waals surface area contributed by atoms with Gasteiger partial charge in [-0.3, -0.25) is 9.36 Å². The summed E-state index contributed by atoms with van der Waals surface area (Å²) in [5.74, 6) is -0.529. The Morgan fingerprint density at radius 1 is 0.750 bits per heavy atom. The molecule has 1 heterocycles. The number of rotatable bonds is 25. The van der Waals surface area contributed by atoms with E-state index in [4.69, 9.17) is 18.7 Å². The third-order valence-corrected chi connectivity index (χ3v) is 8.13. The van der Waals surface area contributed by atoms with Crippen molar-refractivity contribution in [2.24, 2.45) is 0 Å². The van der Waals surface area contributed by atoms with Crippen LogP contribution in [0.5, 0.6) is 0 Å². The first-order chi connectivity index (χ1) is 19.2. The molecule has 0 spiro atoms. The van der Waals surface area contributed by atoms with E-state index in [0.717, 1.165) is 19.3 Å². The summed E-state index contributed by atoms with van der Waals surface area (Å²) in [6.45, 7) is 1.44. The van der Waals surface area contributed by atoms with Crippen molar-refractivity contribution in [3.8, 4) is 0 Å². The molecular weight excluding hydrogens is 543 g/mol. The summed E-state index contributed by atoms with van der Waals surface area (Å²) in [4.78, 5) is 21.7. The van der Waals surface area contributed by atoms with Crippen LogP contribution < -0.4 is 0 Å². The third-order valence-electron chi connectivity index (χ3n) is 7.09. The van der Waals surface area contributed by atoms with E-state index < -0.39 is 57.2 Å². The zero-order chi connectivity index (χ0) is 29.6. The number of carbonyl (C=O) groups excluding carboxylic acids is 1. The number of carbonyl (C=O) groups is 1. The zero-order valence-electron chi connectivity index (χ0n) is 24.4. The summed E-state index contributed by atoms with van der Waals surface area (Å²) >= 11 is 0. The van der Waals surface area contributed by atoms with Gasteiger partial charge in [0.15, 0.2) is 12.6 Å². The van der Waals surface area contributed by atoms with Crippen molar-refractivity contribution in [2.45, 2.75) is 147 Å². The molecule has 5 N–H and O–H groups in total. The smallest absolute Gasteiger partial charge is 0.365 e. The van der Waals surface area contributed by atoms with Crippen molar-refractivity contribution in [1.82, 2.24) is 0 Å². The van der Waals surface area contributed by atoms with Gasteiger partial charge in [0.2, 0.25) is 0 Å². The molecule has 1 saturated heterocycles. The van der Waals surface area contributed by atoms with E-state index >= 15 is 0 Å². The van der Waals surface area contributed by atoms with Crippen molar-refractivity contribution < 1.29 is 53.4 Å². The van der Waals surface area contributed by atoms with Crippen LogP contribution in [0.15, 0.2) is 0 Å². The number of ether oxygens (including phenoxy) is 3. The fourth-order valence-electron chi connectivity index (χ4n) is 4.57. The molecule has 1 fully saturated rings. The molecule has 0 aromatic heterocycles. The van der Waals surface area contributed by atoms with E-state index in [0.29, 0.717) is 6.42 Å². The van der Waals surface area contributed by atoms with Gasteiger partial charge in [0.05, 0.1) is 19.8 Å². The second-order valence-electron chi connectivity index (χ2n) is 10.7. The second kappa shape index (κ2) is 22.9. The maximum absolute atomic E-state index is 12.1. The lowest BCUT2D eigenvalue weighted by Gasteiger charge is -2.39. The number of esters is 1. The molecule has 0 bridgehead atoms. The maximum atomic E-state index is 12.1. The van der Waals surface area contributed by atoms with Crippen molar-refractivity contribution in [3.63, 3.8) is 0 Å². The number of hydrogen-bond donors (Lipinski definition) is 5. The normalized spacial score (nSPS) is 24.6. The molecule has 0 aromatic carbocycles. The van der Waals surface area contributed by atoms with Gasteiger partial charge in [-0.25, -0.2) is 0 Å². The SMILES string of the molecule is CCCCCCCCCCCCCCCCCC(=O)OCP(=O)(O)OCCCOC1OC(CO)C(O)C(O)C1O. The molecule has 0 amide bonds. The van der Waals surface area contributed by atoms with Crippen LogP contribution in [-0.2, 0) is 28.1 Å². The summed E-state index contributed by atoms with van der Waals surface area (Å²) in [6.07, 6.45) is 11.2. The minimum absolute atomic E-state index is 0.0539. The van der Waals surface area contributed by atoms with Crippen LogP contribution >= 0.6 is 7.60 Å². The summed E-state index contributed by atoms with van der Waals surface area (Å²) in [5.41, 5.74) is 0. The summed E-state index contributed by atoms with van der Waals surface area (Å²) in [6, 6.07) is 0. The van der Waals surface area contributed by atoms with E-state index in [-0.39, 0.29) is 26.1 Å². The standard InChI is InChI=1S/C28H55O11P/c1-2-3-4-5-6-7-8-9-10-11-12-13-14-15-16-18-24(30)37-22-40(34,35)38-20-17-19-36-28-27(33)26(32)25(31)23(21-29)39-28/h23,25-29,31-33H,2-22H2,1H3,(H,34,35). The molecule has 40 heavy (non-hydrogen) atoms. The van der Waals surface area contributed by atoms with E-state index in [9.17, 15) is 34.7 Å². The van der Waals surface area contributed by atoms with Crippen LogP contribution in [-0.4, -0.2) is 88.2 Å². The van der Waals surface area contributed by atoms with Crippen molar-refractivity contribution in [2.75, 3.05) is 26.2 Å². The largest absolute Gasteiger partial charge is 0.453 e. The Labute approximate surface area is 240 Å². The molecule has 0 saturated carbocycles. The molecule has 6 atom stereocenters. The number of aliphatic hydroxyl groups is 4. The second-order valence-corrected chi connectivity index (χ2v) is 12.5. The number of aliphatic hydroxyl groups excluding tert-OH is 4. The predicted molar refractivity (Wildman–Crippen MR) is 151 cm³/mol. The molecule has 238 valence electrons. The zero-order valence-corrected chi connectivity index (χ0v) is 25.3. The Bertz CT molecular complexity index is 679. The van der Waals surface area contributed by atoms with E-state index in [1.807, 2.05) is 0 Å². The van der Waals surface area contributed by atoms with Crippen LogP contribution in [0, 0.1) is 0 Å². The molecule has 11 nitrogen and oxygen atoms in total. The Morgan fingerprint density at radius 3 is 1.80 bits per heavy atom. The number of hydrogen-bond acceptors (Lipinski definition) is 10. The van der Waals surface area contributed by atoms with Crippen LogP contribution in [0.4, 0.5) is 0 Å². The fourth-order valence-corrected chi connectivity index (χ4v) is 5.37. The quantitative estimate of drug-likeness (QED) is 0.0580. The highest BCUT2D eigenvalue weighted by atomic mass is 31.2. The Hall–Kier alpha value is -0.620. The first-order valence-electron chi connectivity index (χ1n) is 15.3. The molecule has 0 radical (unpaired) electrons. The minimum Gasteiger partial charge on any atom is -0.453 e. The molecule has 12 heteroatoms. The average Bonchev–Trinajstić information content (AvgIpc) is 2.93. The summed E-state index contributed by atoms with van der Waals surface area (Å²) < 4.78 is 32.4. The molecule has 1 aliphatic rings. The highest BCUT2D eigenvalue weighted by molar-refractivity contribution is 7.52. The van der Waals surface area contributed by atoms with Gasteiger partial charge in [0.1, 0.15) is 24.4 Å². The van der Waals surface area contributed by atoms with Gasteiger partial charge in [-0.2, -0.15) is 0 Å². The first kappa shape index (κ1) is 37.4. The summed E-state index contributed by atoms with van der Waals surface area (Å²) in [5, 5.41) is 38.6. The molecular formula is C28H55O11P. The third kappa shape index (κ3) is 17.4. The fraction of sp³-hybridized carbons (Fsp3) is 0.964. The monoisotopic (exact) mass is 598 g/mol. The van der Waals surface area contributed by atoms with E-state index in [1.54, 1.807) is 0 Å². The molecule has 1 rings (SSSR count). The van der Waals surface area contributed by atoms with Gasteiger partial charge in [-0.1, -0.05) is 96.8 Å². The van der Waals surface area contributed by atoms with Crippen molar-refractivity contribution >= 4 is 13.6 Å². The average molecular weight is 599 g/mol. The van der Waals surface area contributed by atoms with Gasteiger partial charge in [0, 0.05) is 6.42 Å². The highest BCUT2D eigenvalue weighted by Gasteiger charge is 2.43. The van der Waals surface area contributed by atoms with Crippen molar-refractivity contribution in [1.29, 1.82) is 0 Å². The Kier molecular flexibility index (Phi) is 21.4. The van der Waals surface area contributed by atoms with Gasteiger partial charge >= 0.3 is 13.6 Å². The van der Waals surface area contributed by atoms with E-state index in [1.165, 1.54) is 70.6 Å². The lowest BCUT2D eigenvalue weighted by molar-refractivity contribution is -0.301. The summed E-state index contributed by atoms with van der Waals surface area (Å²) in [7, 11) is -4.12. The van der Waals surface area contributed by atoms with Gasteiger partial charge < -0.3 is 44.1 Å². The topological polar surface area (TPSA) is 172 Å². The Balaban J connectivity index is 1.97. The molecule has 1 aliphatic heterocycles. The molecule has 0 aromatic rings. The molecule has 6 unspecified atom stereocenters. The minimum atomic E-state index is -4.12. The van der Waals surface area contributed by atoms with Crippen LogP contribution in [0.3, 0.4) is 0 Å². The molecule has 0 aliphatic carbocycles. The Morgan fingerprint density at radius 2 is 1.27 bits per heavy atom. The van der Waals surface area contributed by atoms with Gasteiger partial charge in [-0.05, 0) is 12.8 Å². The van der Waals surface area contributed by atoms with Crippen LogP contribution in [0.2, 0.25) is 0 Å². The lowest BCUT2D eigenvalue weighted by Crippen LogP contribution is -2.59. The predicted octanol–water partition coefficient (Wildman–Crippen LogP) is 4.16. The van der Waals surface area contributed by atoms with Gasteiger partial charge in [0.25, 0.3) is 0 Å². The van der Waals surface area contributed by atoms with Crippen LogP contribution in [0.25, 0.3) is 0 Å². The first-order valence-corrected chi connectivity index (χ1v) is 17.0. The maximum Gasteiger partial charge on any atom is 0.365 e. The van der Waals surface area contributed by atoms with Gasteiger partial charge in [-0.15, -0.1) is 0 Å².